The number of carbonyl (C=O) groups is 3. The lowest BCUT2D eigenvalue weighted by atomic mass is 9.85. The van der Waals surface area contributed by atoms with Gasteiger partial charge in [0.05, 0.1) is 16.7 Å². The summed E-state index contributed by atoms with van der Waals surface area (Å²) in [4.78, 5) is 43.5. The fourth-order valence-corrected chi connectivity index (χ4v) is 6.51. The number of nitrogens with zero attached hydrogens (tertiary/aromatic N) is 2. The predicted molar refractivity (Wildman–Crippen MR) is 121 cm³/mol. The van der Waals surface area contributed by atoms with Crippen molar-refractivity contribution in [3.05, 3.63) is 36.4 Å². The molecule has 4 atom stereocenters. The van der Waals surface area contributed by atoms with Crippen molar-refractivity contribution in [3.63, 3.8) is 0 Å². The van der Waals surface area contributed by atoms with Crippen LogP contribution in [-0.4, -0.2) is 50.0 Å². The molecule has 2 heterocycles. The number of fused-ring (bicyclic) bond motifs is 5. The molecule has 2 bridgehead atoms. The number of hydrogen-bond acceptors (Lipinski definition) is 6. The molecule has 2 fully saturated rings. The molecule has 0 spiro atoms. The molecule has 174 valence electrons. The van der Waals surface area contributed by atoms with Crippen LogP contribution < -0.4 is 10.0 Å². The van der Waals surface area contributed by atoms with Gasteiger partial charge in [0.2, 0.25) is 17.7 Å². The third-order valence-electron chi connectivity index (χ3n) is 6.92. The Morgan fingerprint density at radius 1 is 1.06 bits per heavy atom. The summed E-state index contributed by atoms with van der Waals surface area (Å²) in [6, 6.07) is 5.88. The SMILES string of the molecule is O=C(CN1C(=O)C2C3C=CC(C3)C2C1=O)Nc1cccc(S(=O)(=O)NC2=NCCCCC2)c1. The smallest absolute Gasteiger partial charge is 0.262 e. The molecular formula is C23H26N4O5S. The maximum Gasteiger partial charge on any atom is 0.262 e. The Labute approximate surface area is 192 Å². The summed E-state index contributed by atoms with van der Waals surface area (Å²) in [5.74, 6) is -1.23. The Kier molecular flexibility index (Phi) is 5.55. The van der Waals surface area contributed by atoms with Crippen LogP contribution in [0.5, 0.6) is 0 Å². The molecule has 1 saturated heterocycles. The second kappa shape index (κ2) is 8.40. The number of amidine groups is 1. The van der Waals surface area contributed by atoms with Crippen molar-refractivity contribution in [3.8, 4) is 0 Å². The van der Waals surface area contributed by atoms with Crippen molar-refractivity contribution < 1.29 is 22.8 Å². The van der Waals surface area contributed by atoms with Crippen LogP contribution in [0.2, 0.25) is 0 Å². The molecule has 2 N–H and O–H groups in total. The van der Waals surface area contributed by atoms with E-state index in [2.05, 4.69) is 15.0 Å². The summed E-state index contributed by atoms with van der Waals surface area (Å²) in [6.45, 7) is 0.220. The number of imide groups is 1. The molecule has 0 aromatic heterocycles. The summed E-state index contributed by atoms with van der Waals surface area (Å²) >= 11 is 0. The quantitative estimate of drug-likeness (QED) is 0.500. The number of amides is 3. The van der Waals surface area contributed by atoms with Crippen molar-refractivity contribution in [1.29, 1.82) is 0 Å². The number of sulfonamides is 1. The molecule has 2 aliphatic carbocycles. The van der Waals surface area contributed by atoms with E-state index in [4.69, 9.17) is 0 Å². The Bertz CT molecular complexity index is 1150. The van der Waals surface area contributed by atoms with E-state index < -0.39 is 15.9 Å². The molecule has 4 unspecified atom stereocenters. The Morgan fingerprint density at radius 3 is 2.52 bits per heavy atom. The third-order valence-corrected chi connectivity index (χ3v) is 8.30. The van der Waals surface area contributed by atoms with E-state index in [1.54, 1.807) is 6.07 Å². The van der Waals surface area contributed by atoms with E-state index in [0.717, 1.165) is 30.6 Å². The van der Waals surface area contributed by atoms with Crippen LogP contribution in [0.25, 0.3) is 0 Å². The summed E-state index contributed by atoms with van der Waals surface area (Å²) < 4.78 is 28.1. The average molecular weight is 471 g/mol. The largest absolute Gasteiger partial charge is 0.324 e. The van der Waals surface area contributed by atoms with Gasteiger partial charge in [0.15, 0.2) is 0 Å². The summed E-state index contributed by atoms with van der Waals surface area (Å²) in [5.41, 5.74) is 0.270. The van der Waals surface area contributed by atoms with Crippen molar-refractivity contribution >= 4 is 39.3 Å². The van der Waals surface area contributed by atoms with E-state index in [9.17, 15) is 22.8 Å². The molecule has 9 nitrogen and oxygen atoms in total. The zero-order chi connectivity index (χ0) is 23.2. The van der Waals surface area contributed by atoms with Crippen molar-refractivity contribution in [2.75, 3.05) is 18.4 Å². The van der Waals surface area contributed by atoms with Crippen LogP contribution >= 0.6 is 0 Å². The molecule has 3 amide bonds. The molecule has 2 aliphatic heterocycles. The lowest BCUT2D eigenvalue weighted by Crippen LogP contribution is -2.39. The number of nitrogens with one attached hydrogen (secondary N) is 2. The highest BCUT2D eigenvalue weighted by molar-refractivity contribution is 7.90. The highest BCUT2D eigenvalue weighted by Gasteiger charge is 2.59. The zero-order valence-electron chi connectivity index (χ0n) is 18.1. The summed E-state index contributed by atoms with van der Waals surface area (Å²) in [5, 5.41) is 2.62. The van der Waals surface area contributed by atoms with Crippen LogP contribution in [0.15, 0.2) is 46.3 Å². The average Bonchev–Trinajstić information content (AvgIpc) is 3.39. The van der Waals surface area contributed by atoms with Gasteiger partial charge in [-0.05, 0) is 49.3 Å². The minimum absolute atomic E-state index is 0.00208. The Balaban J connectivity index is 1.24. The highest BCUT2D eigenvalue weighted by atomic mass is 32.2. The van der Waals surface area contributed by atoms with E-state index in [-0.39, 0.29) is 52.6 Å². The normalized spacial score (nSPS) is 28.5. The molecule has 0 radical (unpaired) electrons. The van der Waals surface area contributed by atoms with Crippen LogP contribution in [-0.2, 0) is 24.4 Å². The van der Waals surface area contributed by atoms with Gasteiger partial charge < -0.3 is 5.32 Å². The first-order valence-corrected chi connectivity index (χ1v) is 12.8. The first kappa shape index (κ1) is 21.8. The second-order valence-electron chi connectivity index (χ2n) is 9.08. The van der Waals surface area contributed by atoms with Crippen molar-refractivity contribution in [1.82, 2.24) is 9.62 Å². The maximum atomic E-state index is 12.8. The minimum Gasteiger partial charge on any atom is -0.324 e. The van der Waals surface area contributed by atoms with Crippen molar-refractivity contribution in [2.45, 2.75) is 37.0 Å². The molecule has 1 saturated carbocycles. The van der Waals surface area contributed by atoms with Gasteiger partial charge in [-0.15, -0.1) is 0 Å². The molecule has 5 rings (SSSR count). The number of allylic oxidation sites excluding steroid dienone is 2. The van der Waals surface area contributed by atoms with Gasteiger partial charge in [0.1, 0.15) is 12.4 Å². The van der Waals surface area contributed by atoms with Crippen LogP contribution in [0, 0.1) is 23.7 Å². The van der Waals surface area contributed by atoms with Gasteiger partial charge in [-0.2, -0.15) is 0 Å². The number of rotatable bonds is 5. The third kappa shape index (κ3) is 4.07. The fraction of sp³-hybridized carbons (Fsp3) is 0.478. The van der Waals surface area contributed by atoms with Gasteiger partial charge in [-0.3, -0.25) is 29.0 Å². The number of hydrogen-bond donors (Lipinski definition) is 2. The second-order valence-corrected chi connectivity index (χ2v) is 10.8. The Morgan fingerprint density at radius 2 is 1.79 bits per heavy atom. The van der Waals surface area contributed by atoms with Gasteiger partial charge >= 0.3 is 0 Å². The summed E-state index contributed by atoms with van der Waals surface area (Å²) in [7, 11) is -3.85. The van der Waals surface area contributed by atoms with Gasteiger partial charge in [-0.1, -0.05) is 24.6 Å². The number of aliphatic imine (C=N–C) groups is 1. The van der Waals surface area contributed by atoms with Gasteiger partial charge in [-0.25, -0.2) is 8.42 Å². The van der Waals surface area contributed by atoms with Gasteiger partial charge in [0, 0.05) is 18.7 Å². The van der Waals surface area contributed by atoms with E-state index in [1.807, 2.05) is 12.2 Å². The molecule has 10 heteroatoms. The molecule has 1 aromatic rings. The van der Waals surface area contributed by atoms with Crippen LogP contribution in [0.3, 0.4) is 0 Å². The molecular weight excluding hydrogens is 444 g/mol. The zero-order valence-corrected chi connectivity index (χ0v) is 18.9. The maximum absolute atomic E-state index is 12.8. The first-order valence-electron chi connectivity index (χ1n) is 11.3. The lowest BCUT2D eigenvalue weighted by Gasteiger charge is -2.17. The lowest BCUT2D eigenvalue weighted by molar-refractivity contribution is -0.143. The molecule has 4 aliphatic rings. The van der Waals surface area contributed by atoms with Crippen molar-refractivity contribution in [2.24, 2.45) is 28.7 Å². The van der Waals surface area contributed by atoms with E-state index >= 15 is 0 Å². The predicted octanol–water partition coefficient (Wildman–Crippen LogP) is 1.68. The topological polar surface area (TPSA) is 125 Å². The minimum atomic E-state index is -3.85. The Hall–Kier alpha value is -3.01. The molecule has 1 aromatic carbocycles. The number of benzene rings is 1. The number of anilines is 1. The van der Waals surface area contributed by atoms with E-state index in [1.165, 1.54) is 18.2 Å². The monoisotopic (exact) mass is 470 g/mol. The molecule has 33 heavy (non-hydrogen) atoms. The highest BCUT2D eigenvalue weighted by Crippen LogP contribution is 2.52. The number of likely N-dealkylation sites (tertiary alicyclic amines) is 1. The van der Waals surface area contributed by atoms with Crippen LogP contribution in [0.1, 0.15) is 32.1 Å². The van der Waals surface area contributed by atoms with Crippen LogP contribution in [0.4, 0.5) is 5.69 Å². The number of carbonyl (C=O) groups excluding carboxylic acids is 3. The standard InChI is InChI=1S/C23H26N4O5S/c28-19(13-27-22(29)20-14-8-9-15(11-14)21(20)23(27)30)25-16-5-4-6-17(12-16)33(31,32)26-18-7-2-1-3-10-24-18/h4-6,8-9,12,14-15,20-21H,1-3,7,10-11,13H2,(H,24,26)(H,25,28). The summed E-state index contributed by atoms with van der Waals surface area (Å²) in [6.07, 6.45) is 8.24. The van der Waals surface area contributed by atoms with E-state index in [0.29, 0.717) is 18.8 Å². The van der Waals surface area contributed by atoms with Gasteiger partial charge in [0.25, 0.3) is 10.0 Å². The first-order chi connectivity index (χ1) is 15.8. The fourth-order valence-electron chi connectivity index (χ4n) is 5.38.